The lowest BCUT2D eigenvalue weighted by Crippen LogP contribution is -2.54. The summed E-state index contributed by atoms with van der Waals surface area (Å²) in [6, 6.07) is 0. The number of hydrogen-bond acceptors (Lipinski definition) is 3. The number of hydrogen-bond donors (Lipinski definition) is 2. The smallest absolute Gasteiger partial charge is 0.193 e. The largest absolute Gasteiger partial charge is 0.396 e. The molecule has 2 aliphatic heterocycles. The summed E-state index contributed by atoms with van der Waals surface area (Å²) in [7, 11) is 1.90. The van der Waals surface area contributed by atoms with E-state index in [0.717, 1.165) is 45.2 Å². The molecule has 3 aliphatic rings. The Morgan fingerprint density at radius 3 is 2.62 bits per heavy atom. The SMILES string of the molecule is CN=C(NCC1(CCO)CCCC1)N1CCCC2(CCCOC2)C1. The molecule has 0 bridgehead atoms. The van der Waals surface area contributed by atoms with Gasteiger partial charge in [0.25, 0.3) is 0 Å². The molecule has 0 aromatic rings. The van der Waals surface area contributed by atoms with Gasteiger partial charge in [0, 0.05) is 45.3 Å². The zero-order valence-corrected chi connectivity index (χ0v) is 15.4. The molecule has 138 valence electrons. The third-order valence-electron chi connectivity index (χ3n) is 6.50. The number of aliphatic imine (C=N–C) groups is 1. The third kappa shape index (κ3) is 4.05. The van der Waals surface area contributed by atoms with Crippen LogP contribution >= 0.6 is 0 Å². The first-order valence-electron chi connectivity index (χ1n) is 9.85. The van der Waals surface area contributed by atoms with E-state index in [2.05, 4.69) is 15.2 Å². The number of ether oxygens (including phenoxy) is 1. The van der Waals surface area contributed by atoms with Gasteiger partial charge in [0.1, 0.15) is 0 Å². The van der Waals surface area contributed by atoms with E-state index in [1.807, 2.05) is 7.05 Å². The van der Waals surface area contributed by atoms with Crippen molar-refractivity contribution in [3.8, 4) is 0 Å². The van der Waals surface area contributed by atoms with Crippen LogP contribution in [0, 0.1) is 10.8 Å². The van der Waals surface area contributed by atoms with Crippen LogP contribution in [-0.4, -0.2) is 62.5 Å². The highest BCUT2D eigenvalue weighted by molar-refractivity contribution is 5.80. The minimum atomic E-state index is 0.270. The third-order valence-corrected chi connectivity index (χ3v) is 6.50. The standard InChI is InChI=1S/C19H35N3O2/c1-20-17(21-14-18(10-12-23)6-2-3-7-18)22-11-4-8-19(15-22)9-5-13-24-16-19/h23H,2-16H2,1H3,(H,20,21). The molecule has 1 unspecified atom stereocenters. The first kappa shape index (κ1) is 18.0. The van der Waals surface area contributed by atoms with Crippen molar-refractivity contribution in [2.75, 3.05) is 46.5 Å². The van der Waals surface area contributed by atoms with E-state index < -0.39 is 0 Å². The minimum absolute atomic E-state index is 0.270. The Bertz CT molecular complexity index is 421. The summed E-state index contributed by atoms with van der Waals surface area (Å²) in [5.74, 6) is 1.05. The van der Waals surface area contributed by atoms with Gasteiger partial charge in [0.05, 0.1) is 6.61 Å². The van der Waals surface area contributed by atoms with Crippen molar-refractivity contribution in [1.82, 2.24) is 10.2 Å². The van der Waals surface area contributed by atoms with Crippen LogP contribution in [0.15, 0.2) is 4.99 Å². The highest BCUT2D eigenvalue weighted by atomic mass is 16.5. The summed E-state index contributed by atoms with van der Waals surface area (Å²) >= 11 is 0. The van der Waals surface area contributed by atoms with Gasteiger partial charge in [-0.15, -0.1) is 0 Å². The molecule has 0 aromatic heterocycles. The van der Waals surface area contributed by atoms with Crippen LogP contribution in [0.2, 0.25) is 0 Å². The van der Waals surface area contributed by atoms with E-state index in [0.29, 0.717) is 12.0 Å². The maximum atomic E-state index is 9.45. The lowest BCUT2D eigenvalue weighted by molar-refractivity contribution is -0.0371. The van der Waals surface area contributed by atoms with Gasteiger partial charge >= 0.3 is 0 Å². The van der Waals surface area contributed by atoms with E-state index in [-0.39, 0.29) is 5.41 Å². The highest BCUT2D eigenvalue weighted by Crippen LogP contribution is 2.41. The second-order valence-electron chi connectivity index (χ2n) is 8.26. The van der Waals surface area contributed by atoms with Gasteiger partial charge in [0.2, 0.25) is 0 Å². The number of guanidine groups is 1. The van der Waals surface area contributed by atoms with Crippen LogP contribution in [0.1, 0.15) is 57.8 Å². The first-order valence-corrected chi connectivity index (χ1v) is 9.85. The number of likely N-dealkylation sites (tertiary alicyclic amines) is 1. The van der Waals surface area contributed by atoms with Crippen molar-refractivity contribution >= 4 is 5.96 Å². The van der Waals surface area contributed by atoms with Crippen LogP contribution < -0.4 is 5.32 Å². The predicted molar refractivity (Wildman–Crippen MR) is 97.3 cm³/mol. The average molecular weight is 338 g/mol. The number of nitrogens with one attached hydrogen (secondary N) is 1. The van der Waals surface area contributed by atoms with Crippen molar-refractivity contribution in [2.45, 2.75) is 57.8 Å². The van der Waals surface area contributed by atoms with Crippen molar-refractivity contribution in [1.29, 1.82) is 0 Å². The molecule has 3 fully saturated rings. The molecule has 0 aromatic carbocycles. The molecule has 2 heterocycles. The summed E-state index contributed by atoms with van der Waals surface area (Å²) < 4.78 is 5.80. The maximum Gasteiger partial charge on any atom is 0.193 e. The Kier molecular flexibility index (Phi) is 6.03. The predicted octanol–water partition coefficient (Wildman–Crippen LogP) is 2.40. The molecule has 1 atom stereocenters. The van der Waals surface area contributed by atoms with Crippen molar-refractivity contribution < 1.29 is 9.84 Å². The Balaban J connectivity index is 1.59. The van der Waals surface area contributed by atoms with Crippen LogP contribution in [0.25, 0.3) is 0 Å². The summed E-state index contributed by atoms with van der Waals surface area (Å²) in [6.45, 7) is 5.24. The summed E-state index contributed by atoms with van der Waals surface area (Å²) in [5, 5.41) is 13.1. The molecule has 2 N–H and O–H groups in total. The lowest BCUT2D eigenvalue weighted by atomic mass is 9.76. The lowest BCUT2D eigenvalue weighted by Gasteiger charge is -2.46. The Morgan fingerprint density at radius 1 is 1.17 bits per heavy atom. The topological polar surface area (TPSA) is 57.1 Å². The maximum absolute atomic E-state index is 9.45. The van der Waals surface area contributed by atoms with E-state index >= 15 is 0 Å². The van der Waals surface area contributed by atoms with Gasteiger partial charge < -0.3 is 20.1 Å². The molecule has 24 heavy (non-hydrogen) atoms. The second-order valence-corrected chi connectivity index (χ2v) is 8.26. The van der Waals surface area contributed by atoms with Gasteiger partial charge in [-0.25, -0.2) is 0 Å². The normalized spacial score (nSPS) is 30.8. The summed E-state index contributed by atoms with van der Waals surface area (Å²) in [4.78, 5) is 7.01. The number of aliphatic hydroxyl groups is 1. The molecule has 1 spiro atoms. The molecule has 3 rings (SSSR count). The van der Waals surface area contributed by atoms with Gasteiger partial charge in [-0.1, -0.05) is 12.8 Å². The zero-order valence-electron chi connectivity index (χ0n) is 15.4. The monoisotopic (exact) mass is 337 g/mol. The van der Waals surface area contributed by atoms with Crippen LogP contribution in [0.3, 0.4) is 0 Å². The molecule has 0 amide bonds. The summed E-state index contributed by atoms with van der Waals surface area (Å²) in [6.07, 6.45) is 11.0. The molecule has 2 saturated heterocycles. The molecular formula is C19H35N3O2. The molecule has 1 saturated carbocycles. The minimum Gasteiger partial charge on any atom is -0.396 e. The van der Waals surface area contributed by atoms with Gasteiger partial charge in [-0.3, -0.25) is 4.99 Å². The van der Waals surface area contributed by atoms with Crippen LogP contribution in [0.4, 0.5) is 0 Å². The second kappa shape index (κ2) is 8.05. The molecule has 1 aliphatic carbocycles. The van der Waals surface area contributed by atoms with Gasteiger partial charge in [-0.05, 0) is 50.4 Å². The quantitative estimate of drug-likeness (QED) is 0.611. The number of rotatable bonds is 4. The number of aliphatic hydroxyl groups excluding tert-OH is 1. The number of nitrogens with zero attached hydrogens (tertiary/aromatic N) is 2. The van der Waals surface area contributed by atoms with E-state index in [9.17, 15) is 5.11 Å². The molecule has 5 heteroatoms. The average Bonchev–Trinajstić information content (AvgIpc) is 3.05. The zero-order chi connectivity index (χ0) is 16.9. The van der Waals surface area contributed by atoms with Crippen molar-refractivity contribution in [3.63, 3.8) is 0 Å². The molecule has 0 radical (unpaired) electrons. The van der Waals surface area contributed by atoms with E-state index in [1.165, 1.54) is 51.4 Å². The fraction of sp³-hybridized carbons (Fsp3) is 0.947. The molecule has 5 nitrogen and oxygen atoms in total. The Hall–Kier alpha value is -0.810. The first-order chi connectivity index (χ1) is 11.7. The molecular weight excluding hydrogens is 302 g/mol. The summed E-state index contributed by atoms with van der Waals surface area (Å²) in [5.41, 5.74) is 0.608. The van der Waals surface area contributed by atoms with Crippen LogP contribution in [-0.2, 0) is 4.74 Å². The number of piperidine rings is 1. The van der Waals surface area contributed by atoms with Crippen molar-refractivity contribution in [2.24, 2.45) is 15.8 Å². The van der Waals surface area contributed by atoms with E-state index in [1.54, 1.807) is 0 Å². The fourth-order valence-electron chi connectivity index (χ4n) is 5.10. The van der Waals surface area contributed by atoms with Gasteiger partial charge in [0.15, 0.2) is 5.96 Å². The van der Waals surface area contributed by atoms with Gasteiger partial charge in [-0.2, -0.15) is 0 Å². The fourth-order valence-corrected chi connectivity index (χ4v) is 5.10. The Morgan fingerprint density at radius 2 is 1.96 bits per heavy atom. The van der Waals surface area contributed by atoms with Crippen molar-refractivity contribution in [3.05, 3.63) is 0 Å². The Labute approximate surface area is 146 Å². The highest BCUT2D eigenvalue weighted by Gasteiger charge is 2.39. The van der Waals surface area contributed by atoms with Crippen LogP contribution in [0.5, 0.6) is 0 Å². The van der Waals surface area contributed by atoms with E-state index in [4.69, 9.17) is 4.74 Å².